The fraction of sp³-hybridized carbons (Fsp3) is 0.296. The van der Waals surface area contributed by atoms with Crippen LogP contribution in [-0.2, 0) is 11.3 Å². The number of carbonyl (C=O) groups is 1. The Labute approximate surface area is 207 Å². The maximum atomic E-state index is 13.6. The number of rotatable bonds is 5. The van der Waals surface area contributed by atoms with Gasteiger partial charge in [-0.3, -0.25) is 10.1 Å². The molecule has 176 valence electrons. The van der Waals surface area contributed by atoms with Crippen LogP contribution in [0.25, 0.3) is 0 Å². The highest BCUT2D eigenvalue weighted by Crippen LogP contribution is 2.42. The molecular formula is C27H28BrFN4O. The van der Waals surface area contributed by atoms with E-state index < -0.39 is 0 Å². The van der Waals surface area contributed by atoms with E-state index in [0.29, 0.717) is 13.0 Å². The van der Waals surface area contributed by atoms with Gasteiger partial charge in [0.15, 0.2) is 0 Å². The minimum atomic E-state index is -0.280. The number of fused-ring (bicyclic) bond motifs is 1. The number of aryl methyl sites for hydroxylation is 1. The molecule has 5 nitrogen and oxygen atoms in total. The molecule has 2 saturated heterocycles. The highest BCUT2D eigenvalue weighted by molar-refractivity contribution is 9.10. The molecule has 0 aromatic heterocycles. The summed E-state index contributed by atoms with van der Waals surface area (Å²) in [6.07, 6.45) is 0.630. The predicted molar refractivity (Wildman–Crippen MR) is 134 cm³/mol. The molecule has 2 heterocycles. The van der Waals surface area contributed by atoms with Gasteiger partial charge in [0, 0.05) is 28.9 Å². The molecular weight excluding hydrogens is 495 g/mol. The summed E-state index contributed by atoms with van der Waals surface area (Å²) in [6.45, 7) is 2.45. The molecule has 5 unspecified atom stereocenters. The summed E-state index contributed by atoms with van der Waals surface area (Å²) in [5.41, 5.74) is 11.2. The number of benzene rings is 3. The molecule has 5 rings (SSSR count). The van der Waals surface area contributed by atoms with Crippen molar-refractivity contribution >= 4 is 21.8 Å². The Hall–Kier alpha value is -2.58. The molecule has 1 amide bonds. The molecule has 3 aromatic carbocycles. The number of hydrogen-bond acceptors (Lipinski definition) is 4. The zero-order valence-electron chi connectivity index (χ0n) is 18.9. The molecule has 0 aliphatic carbocycles. The van der Waals surface area contributed by atoms with Gasteiger partial charge in [0.1, 0.15) is 5.82 Å². The molecule has 2 fully saturated rings. The Balaban J connectivity index is 1.40. The molecule has 4 N–H and O–H groups in total. The summed E-state index contributed by atoms with van der Waals surface area (Å²) in [6, 6.07) is 23.0. The molecule has 0 saturated carbocycles. The minimum absolute atomic E-state index is 0.00820. The largest absolute Gasteiger partial charge is 0.352 e. The number of hydrazine groups is 1. The maximum Gasteiger partial charge on any atom is 0.223 e. The summed E-state index contributed by atoms with van der Waals surface area (Å²) in [5, 5.41) is 6.83. The lowest BCUT2D eigenvalue weighted by Crippen LogP contribution is -2.54. The van der Waals surface area contributed by atoms with E-state index in [2.05, 4.69) is 80.7 Å². The van der Waals surface area contributed by atoms with E-state index >= 15 is 0 Å². The van der Waals surface area contributed by atoms with Crippen LogP contribution in [0.5, 0.6) is 0 Å². The highest BCUT2D eigenvalue weighted by Gasteiger charge is 2.49. The summed E-state index contributed by atoms with van der Waals surface area (Å²) in [5.74, 6) is -0.451. The van der Waals surface area contributed by atoms with Crippen LogP contribution in [0, 0.1) is 24.6 Å². The van der Waals surface area contributed by atoms with Crippen molar-refractivity contribution in [2.75, 3.05) is 0 Å². The van der Waals surface area contributed by atoms with E-state index in [1.165, 1.54) is 23.3 Å². The van der Waals surface area contributed by atoms with Crippen LogP contribution >= 0.6 is 15.9 Å². The Kier molecular flexibility index (Phi) is 6.79. The van der Waals surface area contributed by atoms with Crippen molar-refractivity contribution in [3.05, 3.63) is 105 Å². The summed E-state index contributed by atoms with van der Waals surface area (Å²) in [7, 11) is 0. The first-order valence-corrected chi connectivity index (χ1v) is 12.4. The second-order valence-corrected chi connectivity index (χ2v) is 10.1. The molecule has 2 aliphatic rings. The number of carbonyl (C=O) groups excluding carboxylic acids is 1. The van der Waals surface area contributed by atoms with E-state index in [4.69, 9.17) is 0 Å². The van der Waals surface area contributed by atoms with Crippen molar-refractivity contribution in [1.29, 1.82) is 0 Å². The summed E-state index contributed by atoms with van der Waals surface area (Å²) < 4.78 is 14.3. The highest BCUT2D eigenvalue weighted by atomic mass is 79.9. The van der Waals surface area contributed by atoms with Crippen LogP contribution in [0.15, 0.2) is 77.3 Å². The molecule has 0 bridgehead atoms. The third-order valence-electron chi connectivity index (χ3n) is 6.92. The second kappa shape index (κ2) is 9.96. The van der Waals surface area contributed by atoms with Crippen LogP contribution in [0.4, 0.5) is 4.39 Å². The third-order valence-corrected chi connectivity index (χ3v) is 7.45. The van der Waals surface area contributed by atoms with Crippen LogP contribution in [0.2, 0.25) is 0 Å². The lowest BCUT2D eigenvalue weighted by molar-refractivity contribution is -0.129. The number of amides is 1. The fourth-order valence-corrected chi connectivity index (χ4v) is 5.35. The molecule has 0 radical (unpaired) electrons. The Morgan fingerprint density at radius 3 is 2.35 bits per heavy atom. The van der Waals surface area contributed by atoms with Crippen molar-refractivity contribution in [2.45, 2.75) is 38.1 Å². The van der Waals surface area contributed by atoms with Gasteiger partial charge in [-0.15, -0.1) is 0 Å². The average Bonchev–Trinajstić information content (AvgIpc) is 3.28. The molecule has 3 aromatic rings. The van der Waals surface area contributed by atoms with Gasteiger partial charge < -0.3 is 5.32 Å². The van der Waals surface area contributed by atoms with Crippen LogP contribution < -0.4 is 21.5 Å². The van der Waals surface area contributed by atoms with Crippen LogP contribution in [0.1, 0.15) is 40.8 Å². The van der Waals surface area contributed by atoms with Gasteiger partial charge in [-0.25, -0.2) is 15.2 Å². The third kappa shape index (κ3) is 4.93. The van der Waals surface area contributed by atoms with E-state index in [1.807, 2.05) is 12.1 Å². The van der Waals surface area contributed by atoms with Crippen molar-refractivity contribution in [2.24, 2.45) is 11.8 Å². The van der Waals surface area contributed by atoms with E-state index in [0.717, 1.165) is 15.6 Å². The van der Waals surface area contributed by atoms with E-state index in [1.54, 1.807) is 12.1 Å². The number of piperidine rings is 1. The van der Waals surface area contributed by atoms with E-state index in [9.17, 15) is 9.18 Å². The van der Waals surface area contributed by atoms with E-state index in [-0.39, 0.29) is 41.8 Å². The number of nitrogens with one attached hydrogen (secondary N) is 4. The summed E-state index contributed by atoms with van der Waals surface area (Å²) >= 11 is 3.51. The zero-order valence-corrected chi connectivity index (χ0v) is 20.5. The smallest absolute Gasteiger partial charge is 0.223 e. The quantitative estimate of drug-likeness (QED) is 0.393. The molecule has 0 spiro atoms. The molecule has 5 atom stereocenters. The monoisotopic (exact) mass is 522 g/mol. The average molecular weight is 523 g/mol. The van der Waals surface area contributed by atoms with Crippen molar-refractivity contribution < 1.29 is 9.18 Å². The van der Waals surface area contributed by atoms with Crippen LogP contribution in [0.3, 0.4) is 0 Å². The number of hydrogen-bond donors (Lipinski definition) is 4. The van der Waals surface area contributed by atoms with Gasteiger partial charge in [-0.1, -0.05) is 70.0 Å². The Bertz CT molecular complexity index is 1140. The zero-order chi connectivity index (χ0) is 23.7. The predicted octanol–water partition coefficient (Wildman–Crippen LogP) is 4.66. The first-order chi connectivity index (χ1) is 16.5. The van der Waals surface area contributed by atoms with Gasteiger partial charge in [0.2, 0.25) is 5.91 Å². The van der Waals surface area contributed by atoms with Gasteiger partial charge in [0.25, 0.3) is 0 Å². The molecule has 7 heteroatoms. The van der Waals surface area contributed by atoms with Crippen molar-refractivity contribution in [3.63, 3.8) is 0 Å². The van der Waals surface area contributed by atoms with Crippen LogP contribution in [-0.4, -0.2) is 12.1 Å². The Morgan fingerprint density at radius 2 is 1.65 bits per heavy atom. The number of halogens is 2. The van der Waals surface area contributed by atoms with Gasteiger partial charge in [0.05, 0.1) is 12.2 Å². The standard InChI is InChI=1S/C27H28BrFN4O/c1-16-2-6-18(7-3-16)23-14-22(27(34)30-15-17-4-12-21(29)13-5-17)24-25(32-33-26(24)31-23)19-8-10-20(28)11-9-19/h2-13,22-26,31-33H,14-15H2,1H3,(H,30,34). The lowest BCUT2D eigenvalue weighted by atomic mass is 9.74. The topological polar surface area (TPSA) is 65.2 Å². The SMILES string of the molecule is Cc1ccc(C2CC(C(=O)NCc3ccc(F)cc3)C3C(NNC3c3ccc(Br)cc3)N2)cc1. The van der Waals surface area contributed by atoms with Gasteiger partial charge in [-0.05, 0) is 54.3 Å². The normalized spacial score (nSPS) is 26.1. The van der Waals surface area contributed by atoms with Gasteiger partial charge >= 0.3 is 0 Å². The second-order valence-electron chi connectivity index (χ2n) is 9.19. The fourth-order valence-electron chi connectivity index (χ4n) is 5.09. The lowest BCUT2D eigenvalue weighted by Gasteiger charge is -2.40. The van der Waals surface area contributed by atoms with Crippen molar-refractivity contribution in [3.8, 4) is 0 Å². The summed E-state index contributed by atoms with van der Waals surface area (Å²) in [4.78, 5) is 13.6. The Morgan fingerprint density at radius 1 is 0.971 bits per heavy atom. The van der Waals surface area contributed by atoms with Crippen molar-refractivity contribution in [1.82, 2.24) is 21.5 Å². The molecule has 2 aliphatic heterocycles. The van der Waals surface area contributed by atoms with Gasteiger partial charge in [-0.2, -0.15) is 0 Å². The minimum Gasteiger partial charge on any atom is -0.352 e. The first-order valence-electron chi connectivity index (χ1n) is 11.6. The molecule has 34 heavy (non-hydrogen) atoms. The first kappa shape index (κ1) is 23.2. The maximum absolute atomic E-state index is 13.6.